The van der Waals surface area contributed by atoms with Gasteiger partial charge in [-0.3, -0.25) is 0 Å². The second-order valence-corrected chi connectivity index (χ2v) is 4.08. The highest BCUT2D eigenvalue weighted by molar-refractivity contribution is 5.51. The van der Waals surface area contributed by atoms with Crippen LogP contribution in [0.15, 0.2) is 28.9 Å². The van der Waals surface area contributed by atoms with Gasteiger partial charge in [-0.05, 0) is 19.1 Å². The van der Waals surface area contributed by atoms with Gasteiger partial charge in [0.25, 0.3) is 0 Å². The van der Waals surface area contributed by atoms with E-state index in [1.807, 2.05) is 18.2 Å². The minimum Gasteiger partial charge on any atom is -0.469 e. The Morgan fingerprint density at radius 2 is 2.17 bits per heavy atom. The summed E-state index contributed by atoms with van der Waals surface area (Å²) in [5, 5.41) is 6.20. The van der Waals surface area contributed by atoms with Crippen LogP contribution < -0.4 is 16.4 Å². The van der Waals surface area contributed by atoms with E-state index in [4.69, 9.17) is 10.2 Å². The molecule has 0 aromatic carbocycles. The van der Waals surface area contributed by atoms with Crippen molar-refractivity contribution in [2.45, 2.75) is 19.4 Å². The first kappa shape index (κ1) is 12.2. The van der Waals surface area contributed by atoms with E-state index in [-0.39, 0.29) is 12.0 Å². The van der Waals surface area contributed by atoms with Crippen LogP contribution in [-0.2, 0) is 6.42 Å². The van der Waals surface area contributed by atoms with Crippen molar-refractivity contribution < 1.29 is 4.42 Å². The smallest absolute Gasteiger partial charge is 0.223 e. The maximum absolute atomic E-state index is 5.63. The zero-order valence-corrected chi connectivity index (χ0v) is 10.5. The largest absolute Gasteiger partial charge is 0.469 e. The van der Waals surface area contributed by atoms with Gasteiger partial charge in [0, 0.05) is 25.6 Å². The number of hydrogen-bond acceptors (Lipinski definition) is 6. The quantitative estimate of drug-likeness (QED) is 0.745. The molecule has 96 valence electrons. The van der Waals surface area contributed by atoms with E-state index in [9.17, 15) is 0 Å². The number of hydrogen-bond donors (Lipinski definition) is 3. The van der Waals surface area contributed by atoms with E-state index in [0.717, 1.165) is 12.2 Å². The fourth-order valence-electron chi connectivity index (χ4n) is 1.70. The van der Waals surface area contributed by atoms with E-state index >= 15 is 0 Å². The summed E-state index contributed by atoms with van der Waals surface area (Å²) in [4.78, 5) is 8.17. The van der Waals surface area contributed by atoms with Crippen LogP contribution in [0.2, 0.25) is 0 Å². The zero-order valence-electron chi connectivity index (χ0n) is 10.5. The molecule has 2 heterocycles. The van der Waals surface area contributed by atoms with Gasteiger partial charge in [-0.25, -0.2) is 0 Å². The molecule has 2 rings (SSSR count). The molecule has 1 unspecified atom stereocenters. The lowest BCUT2D eigenvalue weighted by molar-refractivity contribution is 0.497. The second kappa shape index (κ2) is 5.39. The van der Waals surface area contributed by atoms with Crippen molar-refractivity contribution in [2.24, 2.45) is 0 Å². The number of rotatable bonds is 5. The maximum Gasteiger partial charge on any atom is 0.223 e. The summed E-state index contributed by atoms with van der Waals surface area (Å²) in [7, 11) is 1.79. The Morgan fingerprint density at radius 1 is 1.39 bits per heavy atom. The van der Waals surface area contributed by atoms with E-state index in [0.29, 0.717) is 11.6 Å². The standard InChI is InChI=1S/C12H17N5O/c1-8(6-9-4-3-5-18-9)15-11-7-10(14-2)16-12(13)17-11/h3-5,7-8H,6H2,1-2H3,(H4,13,14,15,16,17). The monoisotopic (exact) mass is 247 g/mol. The number of nitrogens with two attached hydrogens (primary N) is 1. The number of nitrogens with one attached hydrogen (secondary N) is 2. The Morgan fingerprint density at radius 3 is 2.83 bits per heavy atom. The van der Waals surface area contributed by atoms with E-state index < -0.39 is 0 Å². The minimum atomic E-state index is 0.190. The van der Waals surface area contributed by atoms with Crippen LogP contribution in [-0.4, -0.2) is 23.1 Å². The lowest BCUT2D eigenvalue weighted by Gasteiger charge is -2.14. The second-order valence-electron chi connectivity index (χ2n) is 4.08. The molecule has 4 N–H and O–H groups in total. The third-order valence-corrected chi connectivity index (χ3v) is 2.48. The molecular weight excluding hydrogens is 230 g/mol. The molecule has 0 bridgehead atoms. The van der Waals surface area contributed by atoms with Crippen molar-refractivity contribution in [3.8, 4) is 0 Å². The van der Waals surface area contributed by atoms with Gasteiger partial charge >= 0.3 is 0 Å². The average Bonchev–Trinajstić information content (AvgIpc) is 2.80. The van der Waals surface area contributed by atoms with Crippen molar-refractivity contribution in [3.63, 3.8) is 0 Å². The molecule has 0 aliphatic rings. The molecule has 6 heteroatoms. The molecule has 0 amide bonds. The first-order chi connectivity index (χ1) is 8.67. The Hall–Kier alpha value is -2.24. The predicted molar refractivity (Wildman–Crippen MR) is 71.5 cm³/mol. The van der Waals surface area contributed by atoms with Gasteiger partial charge in [0.05, 0.1) is 6.26 Å². The number of anilines is 3. The molecular formula is C12H17N5O. The normalized spacial score (nSPS) is 12.1. The molecule has 0 aliphatic heterocycles. The summed E-state index contributed by atoms with van der Waals surface area (Å²) in [6.45, 7) is 2.06. The molecule has 0 fully saturated rings. The summed E-state index contributed by atoms with van der Waals surface area (Å²) in [6, 6.07) is 5.83. The molecule has 2 aromatic heterocycles. The SMILES string of the molecule is CNc1cc(NC(C)Cc2ccco2)nc(N)n1. The third kappa shape index (κ3) is 3.13. The molecule has 0 spiro atoms. The molecule has 18 heavy (non-hydrogen) atoms. The highest BCUT2D eigenvalue weighted by atomic mass is 16.3. The summed E-state index contributed by atoms with van der Waals surface area (Å²) in [5.74, 6) is 2.57. The van der Waals surface area contributed by atoms with Crippen molar-refractivity contribution in [1.29, 1.82) is 0 Å². The lowest BCUT2D eigenvalue weighted by atomic mass is 10.2. The van der Waals surface area contributed by atoms with E-state index in [1.54, 1.807) is 13.3 Å². The van der Waals surface area contributed by atoms with Crippen LogP contribution in [0.3, 0.4) is 0 Å². The number of nitrogens with zero attached hydrogens (tertiary/aromatic N) is 2. The summed E-state index contributed by atoms with van der Waals surface area (Å²) in [5.41, 5.74) is 5.63. The van der Waals surface area contributed by atoms with E-state index in [2.05, 4.69) is 27.5 Å². The highest BCUT2D eigenvalue weighted by Crippen LogP contribution is 2.14. The first-order valence-corrected chi connectivity index (χ1v) is 5.78. The Bertz CT molecular complexity index is 497. The van der Waals surface area contributed by atoms with Crippen molar-refractivity contribution in [1.82, 2.24) is 9.97 Å². The van der Waals surface area contributed by atoms with Crippen molar-refractivity contribution >= 4 is 17.6 Å². The van der Waals surface area contributed by atoms with Crippen LogP contribution in [0.1, 0.15) is 12.7 Å². The Balaban J connectivity index is 2.02. The fraction of sp³-hybridized carbons (Fsp3) is 0.333. The summed E-state index contributed by atoms with van der Waals surface area (Å²) in [6.07, 6.45) is 2.45. The molecule has 2 aromatic rings. The minimum absolute atomic E-state index is 0.190. The molecule has 0 saturated carbocycles. The summed E-state index contributed by atoms with van der Waals surface area (Å²) < 4.78 is 5.30. The van der Waals surface area contributed by atoms with Gasteiger partial charge in [-0.2, -0.15) is 9.97 Å². The average molecular weight is 247 g/mol. The maximum atomic E-state index is 5.63. The predicted octanol–water partition coefficient (Wildman–Crippen LogP) is 1.74. The van der Waals surface area contributed by atoms with Gasteiger partial charge in [-0.1, -0.05) is 0 Å². The topological polar surface area (TPSA) is 89.0 Å². The van der Waals surface area contributed by atoms with Gasteiger partial charge in [0.1, 0.15) is 17.4 Å². The van der Waals surface area contributed by atoms with Gasteiger partial charge in [-0.15, -0.1) is 0 Å². The molecule has 0 radical (unpaired) electrons. The highest BCUT2D eigenvalue weighted by Gasteiger charge is 2.08. The van der Waals surface area contributed by atoms with E-state index in [1.165, 1.54) is 0 Å². The third-order valence-electron chi connectivity index (χ3n) is 2.48. The fourth-order valence-corrected chi connectivity index (χ4v) is 1.70. The van der Waals surface area contributed by atoms with Crippen LogP contribution in [0.4, 0.5) is 17.6 Å². The van der Waals surface area contributed by atoms with Gasteiger partial charge < -0.3 is 20.8 Å². The van der Waals surface area contributed by atoms with Gasteiger partial charge in [0.15, 0.2) is 0 Å². The van der Waals surface area contributed by atoms with Gasteiger partial charge in [0.2, 0.25) is 5.95 Å². The molecule has 6 nitrogen and oxygen atoms in total. The zero-order chi connectivity index (χ0) is 13.0. The Labute approximate surface area is 106 Å². The van der Waals surface area contributed by atoms with Crippen LogP contribution >= 0.6 is 0 Å². The van der Waals surface area contributed by atoms with Crippen molar-refractivity contribution in [2.75, 3.05) is 23.4 Å². The van der Waals surface area contributed by atoms with Crippen molar-refractivity contribution in [3.05, 3.63) is 30.2 Å². The number of aromatic nitrogens is 2. The number of furan rings is 1. The summed E-state index contributed by atoms with van der Waals surface area (Å²) >= 11 is 0. The molecule has 0 aliphatic carbocycles. The van der Waals surface area contributed by atoms with Crippen LogP contribution in [0.5, 0.6) is 0 Å². The lowest BCUT2D eigenvalue weighted by Crippen LogP contribution is -2.19. The van der Waals surface area contributed by atoms with Crippen LogP contribution in [0.25, 0.3) is 0 Å². The molecule has 1 atom stereocenters. The number of nitrogen functional groups attached to an aromatic ring is 1. The van der Waals surface area contributed by atoms with Crippen LogP contribution in [0, 0.1) is 0 Å². The Kier molecular flexibility index (Phi) is 3.66. The first-order valence-electron chi connectivity index (χ1n) is 5.78. The molecule has 0 saturated heterocycles.